The number of carbonyl (C=O) groups excluding carboxylic acids is 1. The number of nitrogens with two attached hydrogens (primary N) is 1. The summed E-state index contributed by atoms with van der Waals surface area (Å²) in [4.78, 5) is 12.0. The monoisotopic (exact) mass is 218 g/mol. The van der Waals surface area contributed by atoms with Crippen molar-refractivity contribution in [2.45, 2.75) is 31.7 Å². The zero-order valence-electron chi connectivity index (χ0n) is 9.62. The molecule has 1 amide bonds. The molecule has 3 nitrogen and oxygen atoms in total. The third kappa shape index (κ3) is 2.09. The Labute approximate surface area is 96.0 Å². The number of aryl methyl sites for hydroxylation is 1. The molecule has 0 atom stereocenters. The van der Waals surface area contributed by atoms with Crippen LogP contribution >= 0.6 is 0 Å². The van der Waals surface area contributed by atoms with Crippen LogP contribution in [0.25, 0.3) is 0 Å². The van der Waals surface area contributed by atoms with Gasteiger partial charge in [0.2, 0.25) is 0 Å². The van der Waals surface area contributed by atoms with Crippen LogP contribution in [0, 0.1) is 6.92 Å². The Bertz CT molecular complexity index is 374. The van der Waals surface area contributed by atoms with Crippen molar-refractivity contribution in [1.29, 1.82) is 0 Å². The Morgan fingerprint density at radius 2 is 2.00 bits per heavy atom. The van der Waals surface area contributed by atoms with E-state index in [1.54, 1.807) is 0 Å². The quantitative estimate of drug-likeness (QED) is 0.809. The highest BCUT2D eigenvalue weighted by atomic mass is 16.1. The van der Waals surface area contributed by atoms with E-state index in [4.69, 9.17) is 5.73 Å². The number of hydrogen-bond donors (Lipinski definition) is 2. The average molecular weight is 218 g/mol. The molecule has 1 aromatic rings. The van der Waals surface area contributed by atoms with Gasteiger partial charge in [-0.25, -0.2) is 0 Å². The summed E-state index contributed by atoms with van der Waals surface area (Å²) >= 11 is 0. The highest BCUT2D eigenvalue weighted by molar-refractivity contribution is 5.94. The number of hydrogen-bond acceptors (Lipinski definition) is 2. The molecule has 0 unspecified atom stereocenters. The highest BCUT2D eigenvalue weighted by Gasteiger charge is 2.36. The Balaban J connectivity index is 2.05. The Morgan fingerprint density at radius 1 is 1.38 bits per heavy atom. The van der Waals surface area contributed by atoms with Gasteiger partial charge >= 0.3 is 0 Å². The maximum absolute atomic E-state index is 12.0. The van der Waals surface area contributed by atoms with Crippen molar-refractivity contribution in [1.82, 2.24) is 5.32 Å². The maximum Gasteiger partial charge on any atom is 0.251 e. The Kier molecular flexibility index (Phi) is 2.97. The molecule has 1 aromatic carbocycles. The van der Waals surface area contributed by atoms with Gasteiger partial charge in [-0.15, -0.1) is 0 Å². The zero-order chi connectivity index (χ0) is 11.6. The molecule has 1 aliphatic rings. The third-order valence-electron chi connectivity index (χ3n) is 3.39. The zero-order valence-corrected chi connectivity index (χ0v) is 9.62. The van der Waals surface area contributed by atoms with E-state index in [0.717, 1.165) is 24.8 Å². The third-order valence-corrected chi connectivity index (χ3v) is 3.39. The van der Waals surface area contributed by atoms with Crippen LogP contribution < -0.4 is 11.1 Å². The first-order chi connectivity index (χ1) is 7.65. The Hall–Kier alpha value is -1.35. The first-order valence-electron chi connectivity index (χ1n) is 5.74. The SMILES string of the molecule is Cc1ccc(C(=O)NC2(CN)CCC2)cc1. The van der Waals surface area contributed by atoms with Crippen LogP contribution in [-0.2, 0) is 0 Å². The minimum atomic E-state index is -0.137. The van der Waals surface area contributed by atoms with Crippen molar-refractivity contribution in [3.8, 4) is 0 Å². The molecule has 0 bridgehead atoms. The molecule has 0 aromatic heterocycles. The molecule has 3 heteroatoms. The molecule has 1 saturated carbocycles. The molecular formula is C13H18N2O. The molecule has 0 heterocycles. The standard InChI is InChI=1S/C13H18N2O/c1-10-3-5-11(6-4-10)12(16)15-13(9-14)7-2-8-13/h3-6H,2,7-9,14H2,1H3,(H,15,16). The van der Waals surface area contributed by atoms with E-state index in [9.17, 15) is 4.79 Å². The first-order valence-corrected chi connectivity index (χ1v) is 5.74. The average Bonchev–Trinajstić information content (AvgIpc) is 2.24. The van der Waals surface area contributed by atoms with Crippen LogP contribution in [0.5, 0.6) is 0 Å². The summed E-state index contributed by atoms with van der Waals surface area (Å²) in [6.45, 7) is 2.54. The minimum absolute atomic E-state index is 0.00912. The molecule has 3 N–H and O–H groups in total. The van der Waals surface area contributed by atoms with Crippen molar-refractivity contribution in [3.63, 3.8) is 0 Å². The number of amides is 1. The van der Waals surface area contributed by atoms with Gasteiger partial charge in [-0.2, -0.15) is 0 Å². The van der Waals surface area contributed by atoms with Crippen LogP contribution in [0.4, 0.5) is 0 Å². The summed E-state index contributed by atoms with van der Waals surface area (Å²) < 4.78 is 0. The second-order valence-electron chi connectivity index (χ2n) is 4.66. The van der Waals surface area contributed by atoms with E-state index >= 15 is 0 Å². The van der Waals surface area contributed by atoms with Crippen LogP contribution in [-0.4, -0.2) is 18.0 Å². The number of rotatable bonds is 3. The van der Waals surface area contributed by atoms with Crippen molar-refractivity contribution in [2.24, 2.45) is 5.73 Å². The lowest BCUT2D eigenvalue weighted by Crippen LogP contribution is -2.58. The van der Waals surface area contributed by atoms with E-state index in [1.165, 1.54) is 0 Å². The van der Waals surface area contributed by atoms with Gasteiger partial charge in [-0.3, -0.25) is 4.79 Å². The molecule has 0 radical (unpaired) electrons. The summed E-state index contributed by atoms with van der Waals surface area (Å²) in [5, 5.41) is 3.05. The van der Waals surface area contributed by atoms with Gasteiger partial charge in [-0.1, -0.05) is 17.7 Å². The van der Waals surface area contributed by atoms with E-state index < -0.39 is 0 Å². The summed E-state index contributed by atoms with van der Waals surface area (Å²) in [5.41, 5.74) is 7.44. The van der Waals surface area contributed by atoms with Crippen molar-refractivity contribution >= 4 is 5.91 Å². The lowest BCUT2D eigenvalue weighted by molar-refractivity contribution is 0.0837. The molecule has 1 aliphatic carbocycles. The highest BCUT2D eigenvalue weighted by Crippen LogP contribution is 2.30. The van der Waals surface area contributed by atoms with Gasteiger partial charge in [0, 0.05) is 12.1 Å². The van der Waals surface area contributed by atoms with E-state index in [-0.39, 0.29) is 11.4 Å². The fourth-order valence-electron chi connectivity index (χ4n) is 2.00. The molecule has 2 rings (SSSR count). The van der Waals surface area contributed by atoms with Crippen molar-refractivity contribution in [2.75, 3.05) is 6.54 Å². The van der Waals surface area contributed by atoms with Crippen LogP contribution in [0.2, 0.25) is 0 Å². The predicted molar refractivity (Wildman–Crippen MR) is 64.3 cm³/mol. The van der Waals surface area contributed by atoms with E-state index in [1.807, 2.05) is 31.2 Å². The fourth-order valence-corrected chi connectivity index (χ4v) is 2.00. The molecule has 1 fully saturated rings. The fraction of sp³-hybridized carbons (Fsp3) is 0.462. The molecule has 0 spiro atoms. The Morgan fingerprint density at radius 3 is 2.44 bits per heavy atom. The van der Waals surface area contributed by atoms with Crippen molar-refractivity contribution in [3.05, 3.63) is 35.4 Å². The van der Waals surface area contributed by atoms with Gasteiger partial charge < -0.3 is 11.1 Å². The first kappa shape index (κ1) is 11.1. The second-order valence-corrected chi connectivity index (χ2v) is 4.66. The smallest absolute Gasteiger partial charge is 0.251 e. The van der Waals surface area contributed by atoms with E-state index in [2.05, 4.69) is 5.32 Å². The number of carbonyl (C=O) groups is 1. The van der Waals surface area contributed by atoms with Gasteiger partial charge in [-0.05, 0) is 38.3 Å². The molecule has 16 heavy (non-hydrogen) atoms. The largest absolute Gasteiger partial charge is 0.345 e. The lowest BCUT2D eigenvalue weighted by Gasteiger charge is -2.41. The van der Waals surface area contributed by atoms with E-state index in [0.29, 0.717) is 12.1 Å². The topological polar surface area (TPSA) is 55.1 Å². The molecule has 0 aliphatic heterocycles. The summed E-state index contributed by atoms with van der Waals surface area (Å²) in [7, 11) is 0. The van der Waals surface area contributed by atoms with Gasteiger partial charge in [0.15, 0.2) is 0 Å². The number of nitrogens with one attached hydrogen (secondary N) is 1. The predicted octanol–water partition coefficient (Wildman–Crippen LogP) is 1.61. The summed E-state index contributed by atoms with van der Waals surface area (Å²) in [6, 6.07) is 7.61. The van der Waals surface area contributed by atoms with Gasteiger partial charge in [0.05, 0.1) is 5.54 Å². The van der Waals surface area contributed by atoms with Crippen LogP contribution in [0.1, 0.15) is 35.2 Å². The van der Waals surface area contributed by atoms with Crippen LogP contribution in [0.15, 0.2) is 24.3 Å². The number of benzene rings is 1. The van der Waals surface area contributed by atoms with Gasteiger partial charge in [0.1, 0.15) is 0 Å². The summed E-state index contributed by atoms with van der Waals surface area (Å²) in [6.07, 6.45) is 3.16. The minimum Gasteiger partial charge on any atom is -0.345 e. The normalized spacial score (nSPS) is 17.6. The molecule has 86 valence electrons. The maximum atomic E-state index is 12.0. The van der Waals surface area contributed by atoms with Crippen LogP contribution in [0.3, 0.4) is 0 Å². The van der Waals surface area contributed by atoms with Gasteiger partial charge in [0.25, 0.3) is 5.91 Å². The lowest BCUT2D eigenvalue weighted by atomic mass is 9.76. The second kappa shape index (κ2) is 4.26. The summed E-state index contributed by atoms with van der Waals surface area (Å²) in [5.74, 6) is -0.00912. The molecule has 0 saturated heterocycles. The molecular weight excluding hydrogens is 200 g/mol. The van der Waals surface area contributed by atoms with Crippen molar-refractivity contribution < 1.29 is 4.79 Å².